The first-order valence-corrected chi connectivity index (χ1v) is 12.3. The fraction of sp³-hybridized carbons (Fsp3) is 0.464. The van der Waals surface area contributed by atoms with Crippen molar-refractivity contribution in [1.29, 1.82) is 0 Å². The summed E-state index contributed by atoms with van der Waals surface area (Å²) in [6.07, 6.45) is 1.74. The van der Waals surface area contributed by atoms with Crippen molar-refractivity contribution in [2.24, 2.45) is 5.41 Å². The molecule has 188 valence electrons. The SMILES string of the molecule is CCCC[C@H](CC(=O)N[C@H](C(=O)O)C(C)(C)C)NC(=O)OCC1c2ccccc2-c2ccccc21. The Balaban J connectivity index is 1.62. The van der Waals surface area contributed by atoms with Crippen LogP contribution in [0.1, 0.15) is 70.4 Å². The predicted octanol–water partition coefficient (Wildman–Crippen LogP) is 5.09. The van der Waals surface area contributed by atoms with Gasteiger partial charge in [-0.25, -0.2) is 9.59 Å². The Hall–Kier alpha value is -3.35. The Labute approximate surface area is 207 Å². The van der Waals surface area contributed by atoms with Crippen LogP contribution in [0.2, 0.25) is 0 Å². The van der Waals surface area contributed by atoms with Gasteiger partial charge in [0, 0.05) is 18.4 Å². The number of alkyl carbamates (subject to hydrolysis) is 1. The van der Waals surface area contributed by atoms with Crippen molar-refractivity contribution >= 4 is 18.0 Å². The maximum absolute atomic E-state index is 12.7. The second kappa shape index (κ2) is 11.4. The van der Waals surface area contributed by atoms with Crippen LogP contribution in [-0.2, 0) is 14.3 Å². The predicted molar refractivity (Wildman–Crippen MR) is 135 cm³/mol. The Kier molecular flexibility index (Phi) is 8.54. The Morgan fingerprint density at radius 2 is 1.54 bits per heavy atom. The highest BCUT2D eigenvalue weighted by molar-refractivity contribution is 5.85. The van der Waals surface area contributed by atoms with E-state index in [-0.39, 0.29) is 18.9 Å². The molecule has 2 amide bonds. The van der Waals surface area contributed by atoms with E-state index in [1.807, 2.05) is 31.2 Å². The van der Waals surface area contributed by atoms with Crippen molar-refractivity contribution in [3.8, 4) is 11.1 Å². The van der Waals surface area contributed by atoms with Crippen molar-refractivity contribution in [2.75, 3.05) is 6.61 Å². The molecule has 0 unspecified atom stereocenters. The Morgan fingerprint density at radius 3 is 2.06 bits per heavy atom. The normalized spacial score (nSPS) is 14.4. The van der Waals surface area contributed by atoms with Crippen LogP contribution in [0.3, 0.4) is 0 Å². The number of nitrogens with one attached hydrogen (secondary N) is 2. The topological polar surface area (TPSA) is 105 Å². The molecule has 0 aromatic heterocycles. The van der Waals surface area contributed by atoms with Gasteiger partial charge in [-0.3, -0.25) is 4.79 Å². The number of hydrogen-bond donors (Lipinski definition) is 3. The van der Waals surface area contributed by atoms with E-state index >= 15 is 0 Å². The molecule has 3 N–H and O–H groups in total. The van der Waals surface area contributed by atoms with Crippen molar-refractivity contribution in [3.63, 3.8) is 0 Å². The van der Waals surface area contributed by atoms with E-state index in [4.69, 9.17) is 4.74 Å². The van der Waals surface area contributed by atoms with Crippen molar-refractivity contribution in [1.82, 2.24) is 10.6 Å². The highest BCUT2D eigenvalue weighted by Gasteiger charge is 2.33. The summed E-state index contributed by atoms with van der Waals surface area (Å²) in [5.41, 5.74) is 3.93. The molecule has 0 bridgehead atoms. The molecular formula is C28H36N2O5. The molecule has 1 aliphatic carbocycles. The number of hydrogen-bond acceptors (Lipinski definition) is 4. The summed E-state index contributed by atoms with van der Waals surface area (Å²) in [6, 6.07) is 14.8. The van der Waals surface area contributed by atoms with Gasteiger partial charge in [0.05, 0.1) is 0 Å². The number of carboxylic acids is 1. The number of rotatable bonds is 10. The lowest BCUT2D eigenvalue weighted by Crippen LogP contribution is -2.50. The quantitative estimate of drug-likeness (QED) is 0.439. The van der Waals surface area contributed by atoms with Crippen LogP contribution in [0.5, 0.6) is 0 Å². The lowest BCUT2D eigenvalue weighted by molar-refractivity contribution is -0.145. The first-order valence-electron chi connectivity index (χ1n) is 12.3. The average Bonchev–Trinajstić information content (AvgIpc) is 3.12. The maximum Gasteiger partial charge on any atom is 0.407 e. The molecule has 7 heteroatoms. The van der Waals surface area contributed by atoms with Gasteiger partial charge in [-0.05, 0) is 34.1 Å². The number of carbonyl (C=O) groups is 3. The van der Waals surface area contributed by atoms with Crippen molar-refractivity contribution < 1.29 is 24.2 Å². The van der Waals surface area contributed by atoms with Gasteiger partial charge in [-0.15, -0.1) is 0 Å². The van der Waals surface area contributed by atoms with E-state index in [1.165, 1.54) is 0 Å². The van der Waals surface area contributed by atoms with Crippen LogP contribution >= 0.6 is 0 Å². The lowest BCUT2D eigenvalue weighted by Gasteiger charge is -2.28. The van der Waals surface area contributed by atoms with E-state index in [1.54, 1.807) is 20.8 Å². The summed E-state index contributed by atoms with van der Waals surface area (Å²) in [6.45, 7) is 7.50. The second-order valence-corrected chi connectivity index (χ2v) is 10.2. The third-order valence-corrected chi connectivity index (χ3v) is 6.42. The molecular weight excluding hydrogens is 444 g/mol. The number of amides is 2. The van der Waals surface area contributed by atoms with Crippen LogP contribution in [-0.4, -0.2) is 41.8 Å². The minimum atomic E-state index is -1.08. The number of benzene rings is 2. The monoisotopic (exact) mass is 480 g/mol. The highest BCUT2D eigenvalue weighted by Crippen LogP contribution is 2.44. The lowest BCUT2D eigenvalue weighted by atomic mass is 9.86. The van der Waals surface area contributed by atoms with E-state index in [9.17, 15) is 19.5 Å². The zero-order valence-corrected chi connectivity index (χ0v) is 21.0. The number of aliphatic carboxylic acids is 1. The largest absolute Gasteiger partial charge is 0.480 e. The number of unbranched alkanes of at least 4 members (excludes halogenated alkanes) is 1. The molecule has 0 fully saturated rings. The van der Waals surface area contributed by atoms with Gasteiger partial charge in [0.1, 0.15) is 12.6 Å². The fourth-order valence-corrected chi connectivity index (χ4v) is 4.57. The molecule has 0 aliphatic heterocycles. The molecule has 0 saturated carbocycles. The molecule has 0 saturated heterocycles. The average molecular weight is 481 g/mol. The van der Waals surface area contributed by atoms with Gasteiger partial charge < -0.3 is 20.5 Å². The molecule has 3 rings (SSSR count). The summed E-state index contributed by atoms with van der Waals surface area (Å²) in [5, 5.41) is 14.9. The van der Waals surface area contributed by atoms with E-state index in [0.29, 0.717) is 6.42 Å². The number of carboxylic acid groups (broad SMARTS) is 1. The van der Waals surface area contributed by atoms with Crippen LogP contribution in [0.15, 0.2) is 48.5 Å². The van der Waals surface area contributed by atoms with Gasteiger partial charge in [0.2, 0.25) is 5.91 Å². The van der Waals surface area contributed by atoms with Gasteiger partial charge in [-0.1, -0.05) is 89.1 Å². The van der Waals surface area contributed by atoms with Crippen LogP contribution in [0.4, 0.5) is 4.79 Å². The third kappa shape index (κ3) is 6.62. The molecule has 2 aromatic rings. The summed E-state index contributed by atoms with van der Waals surface area (Å²) in [5.74, 6) is -1.54. The molecule has 1 aliphatic rings. The molecule has 0 spiro atoms. The first-order chi connectivity index (χ1) is 16.6. The Morgan fingerprint density at radius 1 is 0.971 bits per heavy atom. The summed E-state index contributed by atoms with van der Waals surface area (Å²) in [4.78, 5) is 36.9. The summed E-state index contributed by atoms with van der Waals surface area (Å²) >= 11 is 0. The van der Waals surface area contributed by atoms with Crippen LogP contribution in [0, 0.1) is 5.41 Å². The summed E-state index contributed by atoms with van der Waals surface area (Å²) < 4.78 is 5.63. The zero-order chi connectivity index (χ0) is 25.6. The zero-order valence-electron chi connectivity index (χ0n) is 21.0. The minimum Gasteiger partial charge on any atom is -0.480 e. The first kappa shape index (κ1) is 26.3. The molecule has 0 heterocycles. The van der Waals surface area contributed by atoms with Gasteiger partial charge in [0.25, 0.3) is 0 Å². The maximum atomic E-state index is 12.7. The fourth-order valence-electron chi connectivity index (χ4n) is 4.57. The Bertz CT molecular complexity index is 1010. The van der Waals surface area contributed by atoms with Crippen LogP contribution < -0.4 is 10.6 Å². The van der Waals surface area contributed by atoms with Gasteiger partial charge in [0.15, 0.2) is 0 Å². The standard InChI is InChI=1S/C28H36N2O5/c1-5-6-11-18(16-24(31)30-25(26(32)33)28(2,3)4)29-27(34)35-17-23-21-14-9-7-12-19(21)20-13-8-10-15-22(20)23/h7-10,12-15,18,23,25H,5-6,11,16-17H2,1-4H3,(H,29,34)(H,30,31)(H,32,33)/t18-,25-/m1/s1. The van der Waals surface area contributed by atoms with E-state index < -0.39 is 35.5 Å². The van der Waals surface area contributed by atoms with Gasteiger partial charge in [-0.2, -0.15) is 0 Å². The second-order valence-electron chi connectivity index (χ2n) is 10.2. The molecule has 0 radical (unpaired) electrons. The summed E-state index contributed by atoms with van der Waals surface area (Å²) in [7, 11) is 0. The van der Waals surface area contributed by atoms with Crippen LogP contribution in [0.25, 0.3) is 11.1 Å². The number of carbonyl (C=O) groups excluding carboxylic acids is 2. The molecule has 35 heavy (non-hydrogen) atoms. The van der Waals surface area contributed by atoms with Gasteiger partial charge >= 0.3 is 12.1 Å². The minimum absolute atomic E-state index is 0.00987. The number of fused-ring (bicyclic) bond motifs is 3. The number of ether oxygens (including phenoxy) is 1. The highest BCUT2D eigenvalue weighted by atomic mass is 16.5. The molecule has 2 atom stereocenters. The smallest absolute Gasteiger partial charge is 0.407 e. The third-order valence-electron chi connectivity index (χ3n) is 6.42. The molecule has 2 aromatic carbocycles. The van der Waals surface area contributed by atoms with Crippen molar-refractivity contribution in [3.05, 3.63) is 59.7 Å². The van der Waals surface area contributed by atoms with E-state index in [0.717, 1.165) is 35.1 Å². The van der Waals surface area contributed by atoms with Crippen molar-refractivity contribution in [2.45, 2.75) is 71.4 Å². The van der Waals surface area contributed by atoms with E-state index in [2.05, 4.69) is 34.9 Å². The molecule has 7 nitrogen and oxygen atoms in total.